The van der Waals surface area contributed by atoms with Crippen LogP contribution in [0.5, 0.6) is 5.75 Å². The molecule has 3 N–H and O–H groups in total. The van der Waals surface area contributed by atoms with E-state index in [9.17, 15) is 8.42 Å². The number of hydrogen-bond acceptors (Lipinski definition) is 3. The fourth-order valence-corrected chi connectivity index (χ4v) is 1.65. The highest BCUT2D eigenvalue weighted by Crippen LogP contribution is 2.17. The fraction of sp³-hybridized carbons (Fsp3) is 0.400. The zero-order valence-corrected chi connectivity index (χ0v) is 10.1. The molecule has 0 fully saturated rings. The average molecular weight is 244 g/mol. The summed E-state index contributed by atoms with van der Waals surface area (Å²) in [5.74, 6) is 0.742. The van der Waals surface area contributed by atoms with Crippen molar-refractivity contribution in [3.8, 4) is 5.75 Å². The van der Waals surface area contributed by atoms with Crippen molar-refractivity contribution in [2.24, 2.45) is 5.14 Å². The van der Waals surface area contributed by atoms with Crippen molar-refractivity contribution >= 4 is 10.2 Å². The maximum Gasteiger partial charge on any atom is 0.274 e. The molecule has 1 aromatic rings. The molecule has 90 valence electrons. The van der Waals surface area contributed by atoms with Crippen LogP contribution in [0, 0.1) is 6.92 Å². The number of rotatable bonds is 5. The van der Waals surface area contributed by atoms with Gasteiger partial charge in [-0.1, -0.05) is 18.2 Å². The number of hydrogen-bond donors (Lipinski definition) is 2. The van der Waals surface area contributed by atoms with E-state index in [4.69, 9.17) is 9.88 Å². The Labute approximate surface area is 95.8 Å². The molecule has 0 aliphatic heterocycles. The lowest BCUT2D eigenvalue weighted by Crippen LogP contribution is -2.37. The van der Waals surface area contributed by atoms with Crippen molar-refractivity contribution in [3.63, 3.8) is 0 Å². The molecule has 5 nitrogen and oxygen atoms in total. The van der Waals surface area contributed by atoms with E-state index in [1.165, 1.54) is 0 Å². The van der Waals surface area contributed by atoms with Crippen molar-refractivity contribution in [2.75, 3.05) is 6.54 Å². The van der Waals surface area contributed by atoms with E-state index in [2.05, 4.69) is 4.72 Å². The molecule has 0 aliphatic rings. The van der Waals surface area contributed by atoms with Crippen LogP contribution in [0.15, 0.2) is 24.3 Å². The zero-order chi connectivity index (χ0) is 12.2. The predicted molar refractivity (Wildman–Crippen MR) is 62.4 cm³/mol. The monoisotopic (exact) mass is 244 g/mol. The molecule has 0 saturated carbocycles. The van der Waals surface area contributed by atoms with Gasteiger partial charge >= 0.3 is 0 Å². The SMILES string of the molecule is Cc1ccccc1O[C@H](C)CNS(N)(=O)=O. The van der Waals surface area contributed by atoms with Crippen LogP contribution in [-0.2, 0) is 10.2 Å². The zero-order valence-electron chi connectivity index (χ0n) is 9.30. The maximum absolute atomic E-state index is 10.7. The Morgan fingerprint density at radius 2 is 2.06 bits per heavy atom. The second kappa shape index (κ2) is 5.29. The van der Waals surface area contributed by atoms with Gasteiger partial charge in [0.15, 0.2) is 0 Å². The highest BCUT2D eigenvalue weighted by Gasteiger charge is 2.08. The normalized spacial score (nSPS) is 13.4. The number of benzene rings is 1. The minimum atomic E-state index is -3.65. The molecule has 0 heterocycles. The lowest BCUT2D eigenvalue weighted by molar-refractivity contribution is 0.223. The summed E-state index contributed by atoms with van der Waals surface area (Å²) in [5.41, 5.74) is 1.00. The van der Waals surface area contributed by atoms with Crippen LogP contribution in [0.2, 0.25) is 0 Å². The molecule has 1 aromatic carbocycles. The molecule has 16 heavy (non-hydrogen) atoms. The van der Waals surface area contributed by atoms with Crippen molar-refractivity contribution in [1.82, 2.24) is 4.72 Å². The minimum Gasteiger partial charge on any atom is -0.489 e. The largest absolute Gasteiger partial charge is 0.489 e. The first-order valence-electron chi connectivity index (χ1n) is 4.88. The van der Waals surface area contributed by atoms with Crippen LogP contribution in [0.1, 0.15) is 12.5 Å². The first kappa shape index (κ1) is 13.0. The Balaban J connectivity index is 2.52. The third kappa shape index (κ3) is 4.61. The van der Waals surface area contributed by atoms with Gasteiger partial charge in [-0.15, -0.1) is 0 Å². The lowest BCUT2D eigenvalue weighted by Gasteiger charge is -2.16. The molecule has 1 atom stereocenters. The van der Waals surface area contributed by atoms with E-state index in [0.717, 1.165) is 11.3 Å². The first-order chi connectivity index (χ1) is 7.38. The molecule has 0 saturated heterocycles. The quantitative estimate of drug-likeness (QED) is 0.794. The summed E-state index contributed by atoms with van der Waals surface area (Å²) in [6.07, 6.45) is -0.278. The van der Waals surface area contributed by atoms with Crippen LogP contribution in [0.25, 0.3) is 0 Å². The van der Waals surface area contributed by atoms with E-state index in [1.54, 1.807) is 6.92 Å². The summed E-state index contributed by atoms with van der Waals surface area (Å²) in [6, 6.07) is 7.54. The highest BCUT2D eigenvalue weighted by molar-refractivity contribution is 7.87. The van der Waals surface area contributed by atoms with Gasteiger partial charge in [0.1, 0.15) is 11.9 Å². The lowest BCUT2D eigenvalue weighted by atomic mass is 10.2. The third-order valence-electron chi connectivity index (χ3n) is 1.99. The van der Waals surface area contributed by atoms with Crippen molar-refractivity contribution < 1.29 is 13.2 Å². The van der Waals surface area contributed by atoms with Crippen LogP contribution < -0.4 is 14.6 Å². The van der Waals surface area contributed by atoms with Crippen molar-refractivity contribution in [3.05, 3.63) is 29.8 Å². The molecule has 1 rings (SSSR count). The van der Waals surface area contributed by atoms with Gasteiger partial charge in [-0.3, -0.25) is 0 Å². The summed E-state index contributed by atoms with van der Waals surface area (Å²) < 4.78 is 29.1. The molecule has 0 unspecified atom stereocenters. The molecule has 0 radical (unpaired) electrons. The number of ether oxygens (including phenoxy) is 1. The third-order valence-corrected chi connectivity index (χ3v) is 2.56. The average Bonchev–Trinajstić information content (AvgIpc) is 2.18. The predicted octanol–water partition coefficient (Wildman–Crippen LogP) is 0.555. The Hall–Kier alpha value is -1.11. The molecule has 0 amide bonds. The van der Waals surface area contributed by atoms with E-state index < -0.39 is 10.2 Å². The molecule has 0 bridgehead atoms. The van der Waals surface area contributed by atoms with Gasteiger partial charge in [-0.05, 0) is 25.5 Å². The molecule has 0 spiro atoms. The van der Waals surface area contributed by atoms with Crippen LogP contribution >= 0.6 is 0 Å². The molecule has 0 aliphatic carbocycles. The Morgan fingerprint density at radius 3 is 2.62 bits per heavy atom. The van der Waals surface area contributed by atoms with E-state index in [1.807, 2.05) is 31.2 Å². The molecular weight excluding hydrogens is 228 g/mol. The smallest absolute Gasteiger partial charge is 0.274 e. The van der Waals surface area contributed by atoms with Crippen molar-refractivity contribution in [2.45, 2.75) is 20.0 Å². The number of nitrogens with two attached hydrogens (primary N) is 1. The summed E-state index contributed by atoms with van der Waals surface area (Å²) in [6.45, 7) is 3.84. The summed E-state index contributed by atoms with van der Waals surface area (Å²) in [7, 11) is -3.65. The minimum absolute atomic E-state index is 0.146. The van der Waals surface area contributed by atoms with Gasteiger partial charge in [0, 0.05) is 6.54 Å². The maximum atomic E-state index is 10.7. The topological polar surface area (TPSA) is 81.4 Å². The molecule has 6 heteroatoms. The number of para-hydroxylation sites is 1. The van der Waals surface area contributed by atoms with Gasteiger partial charge in [-0.2, -0.15) is 13.1 Å². The standard InChI is InChI=1S/C10H16N2O3S/c1-8-5-3-4-6-10(8)15-9(2)7-12-16(11,13)14/h3-6,9,12H,7H2,1-2H3,(H2,11,13,14)/t9-/m1/s1. The van der Waals surface area contributed by atoms with Crippen LogP contribution in [0.3, 0.4) is 0 Å². The van der Waals surface area contributed by atoms with Gasteiger partial charge in [0.05, 0.1) is 0 Å². The second-order valence-electron chi connectivity index (χ2n) is 3.59. The first-order valence-corrected chi connectivity index (χ1v) is 6.43. The fourth-order valence-electron chi connectivity index (χ4n) is 1.18. The highest BCUT2D eigenvalue weighted by atomic mass is 32.2. The van der Waals surface area contributed by atoms with Gasteiger partial charge in [0.25, 0.3) is 10.2 Å². The van der Waals surface area contributed by atoms with Gasteiger partial charge in [0.2, 0.25) is 0 Å². The van der Waals surface area contributed by atoms with E-state index in [0.29, 0.717) is 0 Å². The van der Waals surface area contributed by atoms with Crippen molar-refractivity contribution in [1.29, 1.82) is 0 Å². The van der Waals surface area contributed by atoms with Crippen LogP contribution in [0.4, 0.5) is 0 Å². The van der Waals surface area contributed by atoms with E-state index in [-0.39, 0.29) is 12.6 Å². The van der Waals surface area contributed by atoms with Gasteiger partial charge < -0.3 is 4.74 Å². The Bertz CT molecular complexity index is 445. The van der Waals surface area contributed by atoms with Gasteiger partial charge in [-0.25, -0.2) is 5.14 Å². The summed E-state index contributed by atoms with van der Waals surface area (Å²) >= 11 is 0. The molecular formula is C10H16N2O3S. The summed E-state index contributed by atoms with van der Waals surface area (Å²) in [5, 5.41) is 4.81. The van der Waals surface area contributed by atoms with Crippen LogP contribution in [-0.4, -0.2) is 21.1 Å². The Morgan fingerprint density at radius 1 is 1.44 bits per heavy atom. The van der Waals surface area contributed by atoms with E-state index >= 15 is 0 Å². The molecule has 0 aromatic heterocycles. The number of nitrogens with one attached hydrogen (secondary N) is 1. The Kier molecular flexibility index (Phi) is 4.28. The number of aryl methyl sites for hydroxylation is 1. The summed E-state index contributed by atoms with van der Waals surface area (Å²) in [4.78, 5) is 0. The second-order valence-corrected chi connectivity index (χ2v) is 4.97.